The van der Waals surface area contributed by atoms with Crippen molar-refractivity contribution in [1.29, 1.82) is 0 Å². The molecule has 3 atom stereocenters. The molecule has 2 radical (unpaired) electrons. The summed E-state index contributed by atoms with van der Waals surface area (Å²) in [5.74, 6) is 0.158. The third-order valence-corrected chi connectivity index (χ3v) is 7.74. The highest BCUT2D eigenvalue weighted by Crippen LogP contribution is 2.32. The minimum Gasteiger partial charge on any atom is -0.354 e. The number of amides is 3. The van der Waals surface area contributed by atoms with E-state index < -0.39 is 6.04 Å². The monoisotopic (exact) mass is 550 g/mol. The van der Waals surface area contributed by atoms with Gasteiger partial charge >= 0.3 is 0 Å². The predicted molar refractivity (Wildman–Crippen MR) is 156 cm³/mol. The van der Waals surface area contributed by atoms with Crippen LogP contribution in [0, 0.1) is 19.8 Å². The molecule has 2 N–H and O–H groups in total. The van der Waals surface area contributed by atoms with E-state index in [2.05, 4.69) is 30.7 Å². The molecule has 11 nitrogen and oxygen atoms in total. The molecule has 1 aliphatic rings. The summed E-state index contributed by atoms with van der Waals surface area (Å²) in [6, 6.07) is 8.13. The Morgan fingerprint density at radius 1 is 1.05 bits per heavy atom. The van der Waals surface area contributed by atoms with E-state index >= 15 is 0 Å². The fourth-order valence-corrected chi connectivity index (χ4v) is 5.24. The molecule has 4 heterocycles. The first-order valence-electron chi connectivity index (χ1n) is 13.4. The van der Waals surface area contributed by atoms with E-state index in [4.69, 9.17) is 7.85 Å². The van der Waals surface area contributed by atoms with Gasteiger partial charge < -0.3 is 15.5 Å². The van der Waals surface area contributed by atoms with Gasteiger partial charge in [-0.05, 0) is 62.0 Å². The highest BCUT2D eigenvalue weighted by atomic mass is 16.2. The van der Waals surface area contributed by atoms with Crippen LogP contribution in [0.4, 0.5) is 5.82 Å². The van der Waals surface area contributed by atoms with Gasteiger partial charge in [0, 0.05) is 36.4 Å². The second-order valence-electron chi connectivity index (χ2n) is 10.5. The number of aromatic nitrogens is 5. The van der Waals surface area contributed by atoms with Crippen LogP contribution in [-0.2, 0) is 16.1 Å². The van der Waals surface area contributed by atoms with E-state index in [1.807, 2.05) is 45.9 Å². The second-order valence-corrected chi connectivity index (χ2v) is 10.5. The van der Waals surface area contributed by atoms with Crippen molar-refractivity contribution in [3.63, 3.8) is 0 Å². The molecule has 1 fully saturated rings. The third-order valence-electron chi connectivity index (χ3n) is 7.74. The van der Waals surface area contributed by atoms with Crippen molar-refractivity contribution in [3.05, 3.63) is 59.8 Å². The van der Waals surface area contributed by atoms with Gasteiger partial charge in [0.15, 0.2) is 5.69 Å². The van der Waals surface area contributed by atoms with Crippen LogP contribution in [0.15, 0.2) is 42.7 Å². The molecule has 208 valence electrons. The summed E-state index contributed by atoms with van der Waals surface area (Å²) >= 11 is 0. The average molecular weight is 550 g/mol. The van der Waals surface area contributed by atoms with Gasteiger partial charge in [-0.1, -0.05) is 25.1 Å². The molecule has 12 heteroatoms. The van der Waals surface area contributed by atoms with Crippen molar-refractivity contribution in [1.82, 2.24) is 34.9 Å². The van der Waals surface area contributed by atoms with Crippen LogP contribution >= 0.6 is 0 Å². The molecule has 1 saturated heterocycles. The Labute approximate surface area is 239 Å². The number of hydrogen-bond donors (Lipinski definition) is 2. The van der Waals surface area contributed by atoms with Crippen LogP contribution in [0.3, 0.4) is 0 Å². The zero-order valence-electron chi connectivity index (χ0n) is 23.7. The first kappa shape index (κ1) is 27.9. The van der Waals surface area contributed by atoms with Gasteiger partial charge in [0.2, 0.25) is 11.8 Å². The molecule has 41 heavy (non-hydrogen) atoms. The SMILES string of the molecule is [B]c1ccc(C)c(NC(=O)[C@@H]2C[C@H](C)[C@@H](C)N2C(=O)Cn2nc(C(=O)NC)c3cc(-c4cnc(C)nc4)ccc32)n1. The van der Waals surface area contributed by atoms with Crippen LogP contribution in [0.2, 0.25) is 0 Å². The second kappa shape index (κ2) is 11.1. The number of carbonyl (C=O) groups excluding carboxylic acids is 3. The number of rotatable bonds is 6. The molecule has 0 saturated carbocycles. The van der Waals surface area contributed by atoms with Crippen LogP contribution in [-0.4, -0.2) is 74.3 Å². The maximum Gasteiger partial charge on any atom is 0.272 e. The maximum atomic E-state index is 13.8. The van der Waals surface area contributed by atoms with Crippen molar-refractivity contribution in [2.24, 2.45) is 5.92 Å². The van der Waals surface area contributed by atoms with E-state index in [9.17, 15) is 14.4 Å². The summed E-state index contributed by atoms with van der Waals surface area (Å²) in [6.07, 6.45) is 3.95. The molecule has 5 rings (SSSR count). The van der Waals surface area contributed by atoms with Crippen molar-refractivity contribution in [2.75, 3.05) is 12.4 Å². The number of fused-ring (bicyclic) bond motifs is 1. The number of nitrogens with zero attached hydrogens (tertiary/aromatic N) is 6. The highest BCUT2D eigenvalue weighted by Gasteiger charge is 2.43. The molecule has 1 aromatic carbocycles. The van der Waals surface area contributed by atoms with E-state index in [1.54, 1.807) is 29.4 Å². The van der Waals surface area contributed by atoms with Gasteiger partial charge in [-0.3, -0.25) is 19.1 Å². The summed E-state index contributed by atoms with van der Waals surface area (Å²) in [5.41, 5.74) is 3.49. The third kappa shape index (κ3) is 5.41. The van der Waals surface area contributed by atoms with Crippen molar-refractivity contribution in [3.8, 4) is 11.1 Å². The number of aryl methyl sites for hydroxylation is 2. The number of nitrogens with one attached hydrogen (secondary N) is 2. The Bertz CT molecular complexity index is 1650. The van der Waals surface area contributed by atoms with E-state index in [0.717, 1.165) is 16.7 Å². The minimum atomic E-state index is -0.691. The quantitative estimate of drug-likeness (QED) is 0.350. The zero-order chi connectivity index (χ0) is 29.4. The number of anilines is 1. The van der Waals surface area contributed by atoms with Gasteiger partial charge in [-0.2, -0.15) is 5.10 Å². The molecule has 0 spiro atoms. The van der Waals surface area contributed by atoms with Gasteiger partial charge in [0.1, 0.15) is 32.1 Å². The summed E-state index contributed by atoms with van der Waals surface area (Å²) < 4.78 is 1.52. The standard InChI is InChI=1S/C29H31BN8O3/c1-15-6-9-24(30)34-27(15)35-28(40)23-10-16(2)17(3)38(23)25(39)14-37-22-8-7-19(20-12-32-18(4)33-13-20)11-21(22)26(36-37)29(41)31-5/h6-9,11-13,16-17,23H,10,14H2,1-5H3,(H,31,41)(H,34,35,40)/t16-,17+,23-/m0/s1. The smallest absolute Gasteiger partial charge is 0.272 e. The van der Waals surface area contributed by atoms with Crippen LogP contribution in [0.25, 0.3) is 22.0 Å². The fraction of sp³-hybridized carbons (Fsp3) is 0.345. The molecule has 0 aliphatic carbocycles. The summed E-state index contributed by atoms with van der Waals surface area (Å²) in [6.45, 7) is 7.45. The molecular formula is C29H31BN8O3. The zero-order valence-corrected chi connectivity index (χ0v) is 23.7. The lowest BCUT2D eigenvalue weighted by Crippen LogP contribution is -2.47. The molecule has 0 unspecified atom stereocenters. The Hall–Kier alpha value is -4.61. The first-order chi connectivity index (χ1) is 19.6. The summed E-state index contributed by atoms with van der Waals surface area (Å²) in [7, 11) is 7.35. The lowest BCUT2D eigenvalue weighted by atomic mass is 10.0. The number of carbonyl (C=O) groups is 3. The van der Waals surface area contributed by atoms with Crippen LogP contribution in [0.5, 0.6) is 0 Å². The topological polar surface area (TPSA) is 135 Å². The number of likely N-dealkylation sites (tertiary alicyclic amines) is 1. The number of hydrogen-bond acceptors (Lipinski definition) is 7. The lowest BCUT2D eigenvalue weighted by molar-refractivity contribution is -0.139. The van der Waals surface area contributed by atoms with Gasteiger partial charge in [0.25, 0.3) is 5.91 Å². The predicted octanol–water partition coefficient (Wildman–Crippen LogP) is 1.92. The summed E-state index contributed by atoms with van der Waals surface area (Å²) in [5, 5.41) is 10.6. The Kier molecular flexibility index (Phi) is 7.57. The summed E-state index contributed by atoms with van der Waals surface area (Å²) in [4.78, 5) is 54.4. The van der Waals surface area contributed by atoms with E-state index in [1.165, 1.54) is 11.7 Å². The normalized spacial score (nSPS) is 18.5. The Morgan fingerprint density at radius 3 is 2.49 bits per heavy atom. The van der Waals surface area contributed by atoms with Gasteiger partial charge in [-0.25, -0.2) is 15.0 Å². The number of benzene rings is 1. The maximum absolute atomic E-state index is 13.8. The Morgan fingerprint density at radius 2 is 1.78 bits per heavy atom. The molecule has 3 aromatic heterocycles. The van der Waals surface area contributed by atoms with Gasteiger partial charge in [0.05, 0.1) is 5.52 Å². The van der Waals surface area contributed by atoms with Crippen molar-refractivity contribution < 1.29 is 14.4 Å². The van der Waals surface area contributed by atoms with Crippen molar-refractivity contribution >= 4 is 47.9 Å². The fourth-order valence-electron chi connectivity index (χ4n) is 5.24. The first-order valence-corrected chi connectivity index (χ1v) is 13.4. The largest absolute Gasteiger partial charge is 0.354 e. The minimum absolute atomic E-state index is 0.0969. The van der Waals surface area contributed by atoms with Crippen molar-refractivity contribution in [2.45, 2.75) is 52.7 Å². The molecule has 4 aromatic rings. The van der Waals surface area contributed by atoms with Crippen LogP contribution < -0.4 is 16.2 Å². The average Bonchev–Trinajstić information content (AvgIpc) is 3.46. The molecule has 1 aliphatic heterocycles. The van der Waals surface area contributed by atoms with E-state index in [0.29, 0.717) is 34.6 Å². The Balaban J connectivity index is 1.45. The highest BCUT2D eigenvalue weighted by molar-refractivity contribution is 6.30. The van der Waals surface area contributed by atoms with Gasteiger partial charge in [-0.15, -0.1) is 0 Å². The molecular weight excluding hydrogens is 519 g/mol. The lowest BCUT2D eigenvalue weighted by Gasteiger charge is -2.28. The molecule has 0 bridgehead atoms. The van der Waals surface area contributed by atoms with Crippen LogP contribution in [0.1, 0.15) is 42.1 Å². The number of pyridine rings is 1. The molecule has 3 amide bonds. The van der Waals surface area contributed by atoms with E-state index in [-0.39, 0.29) is 41.9 Å².